The third-order valence-corrected chi connectivity index (χ3v) is 2.03. The molecule has 0 heterocycles. The molecule has 0 aliphatic carbocycles. The van der Waals surface area contributed by atoms with Crippen molar-refractivity contribution in [2.75, 3.05) is 7.11 Å². The van der Waals surface area contributed by atoms with E-state index in [2.05, 4.69) is 16.6 Å². The quantitative estimate of drug-likeness (QED) is 0.573. The van der Waals surface area contributed by atoms with Crippen molar-refractivity contribution in [1.82, 2.24) is 0 Å². The molecule has 0 bridgehead atoms. The molecule has 1 rings (SSSR count). The van der Waals surface area contributed by atoms with Crippen LogP contribution in [0.25, 0.3) is 0 Å². The van der Waals surface area contributed by atoms with Gasteiger partial charge in [0.25, 0.3) is 0 Å². The Hall–Kier alpha value is -2.28. The molecule has 4 heteroatoms. The molecule has 4 nitrogen and oxygen atoms in total. The van der Waals surface area contributed by atoms with E-state index in [1.165, 1.54) is 7.11 Å². The monoisotopic (exact) mass is 260 g/mol. The van der Waals surface area contributed by atoms with Crippen LogP contribution in [0, 0.1) is 11.8 Å². The lowest BCUT2D eigenvalue weighted by Gasteiger charge is -2.19. The summed E-state index contributed by atoms with van der Waals surface area (Å²) in [5.74, 6) is 3.77. The molecular formula is C15H16O4. The van der Waals surface area contributed by atoms with Gasteiger partial charge in [-0.15, -0.1) is 0 Å². The normalized spacial score (nSPS) is 10.1. The lowest BCUT2D eigenvalue weighted by atomic mass is 10.1. The Balaban J connectivity index is 3.05. The maximum Gasteiger partial charge on any atom is 0.384 e. The number of rotatable bonds is 1. The lowest BCUT2D eigenvalue weighted by molar-refractivity contribution is -0.133. The molecule has 0 unspecified atom stereocenters. The highest BCUT2D eigenvalue weighted by molar-refractivity contribution is 5.94. The molecule has 0 amide bonds. The molecule has 1 aromatic carbocycles. The minimum absolute atomic E-state index is 0.328. The zero-order valence-corrected chi connectivity index (χ0v) is 11.4. The first kappa shape index (κ1) is 14.8. The van der Waals surface area contributed by atoms with Gasteiger partial charge in [-0.3, -0.25) is 0 Å². The Morgan fingerprint density at radius 1 is 1.16 bits per heavy atom. The van der Waals surface area contributed by atoms with E-state index < -0.39 is 17.5 Å². The number of carbonyl (C=O) groups excluding carboxylic acids is 2. The van der Waals surface area contributed by atoms with E-state index in [0.29, 0.717) is 11.1 Å². The van der Waals surface area contributed by atoms with Gasteiger partial charge in [0.15, 0.2) is 0 Å². The summed E-state index contributed by atoms with van der Waals surface area (Å²) >= 11 is 0. The Bertz CT molecular complexity index is 541. The van der Waals surface area contributed by atoms with Crippen LogP contribution < -0.4 is 0 Å². The SMILES string of the molecule is COC(=O)C#Cc1ccccc1C(=O)OC(C)(C)C. The summed E-state index contributed by atoms with van der Waals surface area (Å²) in [7, 11) is 1.25. The third kappa shape index (κ3) is 4.84. The lowest BCUT2D eigenvalue weighted by Crippen LogP contribution is -2.24. The summed E-state index contributed by atoms with van der Waals surface area (Å²) in [6.45, 7) is 5.36. The van der Waals surface area contributed by atoms with E-state index in [0.717, 1.165) is 0 Å². The fourth-order valence-corrected chi connectivity index (χ4v) is 1.27. The van der Waals surface area contributed by atoms with Crippen LogP contribution in [0.2, 0.25) is 0 Å². The molecule has 0 atom stereocenters. The number of hydrogen-bond donors (Lipinski definition) is 0. The van der Waals surface area contributed by atoms with Gasteiger partial charge in [0.2, 0.25) is 0 Å². The second-order valence-corrected chi connectivity index (χ2v) is 4.79. The molecule has 100 valence electrons. The fourth-order valence-electron chi connectivity index (χ4n) is 1.27. The zero-order chi connectivity index (χ0) is 14.5. The van der Waals surface area contributed by atoms with E-state index >= 15 is 0 Å². The molecule has 0 aliphatic rings. The van der Waals surface area contributed by atoms with Gasteiger partial charge in [0.05, 0.1) is 12.7 Å². The Morgan fingerprint density at radius 2 is 1.79 bits per heavy atom. The maximum absolute atomic E-state index is 12.0. The van der Waals surface area contributed by atoms with Crippen molar-refractivity contribution in [3.05, 3.63) is 35.4 Å². The van der Waals surface area contributed by atoms with Crippen molar-refractivity contribution in [3.63, 3.8) is 0 Å². The highest BCUT2D eigenvalue weighted by Gasteiger charge is 2.19. The number of benzene rings is 1. The van der Waals surface area contributed by atoms with Crippen LogP contribution in [0.1, 0.15) is 36.7 Å². The number of carbonyl (C=O) groups is 2. The van der Waals surface area contributed by atoms with Gasteiger partial charge < -0.3 is 9.47 Å². The number of ether oxygens (including phenoxy) is 2. The van der Waals surface area contributed by atoms with Crippen LogP contribution in [0.4, 0.5) is 0 Å². The maximum atomic E-state index is 12.0. The molecule has 0 aromatic heterocycles. The van der Waals surface area contributed by atoms with E-state index in [-0.39, 0.29) is 0 Å². The van der Waals surface area contributed by atoms with Crippen LogP contribution in [-0.4, -0.2) is 24.6 Å². The van der Waals surface area contributed by atoms with Crippen LogP contribution in [0.15, 0.2) is 24.3 Å². The van der Waals surface area contributed by atoms with E-state index in [9.17, 15) is 9.59 Å². The Kier molecular flexibility index (Phi) is 4.71. The van der Waals surface area contributed by atoms with Gasteiger partial charge in [-0.05, 0) is 32.9 Å². The summed E-state index contributed by atoms with van der Waals surface area (Å²) < 4.78 is 9.70. The summed E-state index contributed by atoms with van der Waals surface area (Å²) in [5, 5.41) is 0. The summed E-state index contributed by atoms with van der Waals surface area (Å²) in [5.41, 5.74) is 0.177. The van der Waals surface area contributed by atoms with E-state index in [4.69, 9.17) is 4.74 Å². The van der Waals surface area contributed by atoms with Crippen LogP contribution in [0.3, 0.4) is 0 Å². The van der Waals surface area contributed by atoms with Gasteiger partial charge in [-0.25, -0.2) is 9.59 Å². The summed E-state index contributed by atoms with van der Waals surface area (Å²) in [6.07, 6.45) is 0. The Labute approximate surface area is 112 Å². The van der Waals surface area contributed by atoms with Gasteiger partial charge in [0, 0.05) is 11.5 Å². The van der Waals surface area contributed by atoms with Crippen molar-refractivity contribution in [3.8, 4) is 11.8 Å². The minimum Gasteiger partial charge on any atom is -0.459 e. The highest BCUT2D eigenvalue weighted by atomic mass is 16.6. The molecule has 0 radical (unpaired) electrons. The van der Waals surface area contributed by atoms with Gasteiger partial charge >= 0.3 is 11.9 Å². The van der Waals surface area contributed by atoms with Crippen molar-refractivity contribution >= 4 is 11.9 Å². The first-order chi connectivity index (χ1) is 8.83. The first-order valence-electron chi connectivity index (χ1n) is 5.76. The number of hydrogen-bond acceptors (Lipinski definition) is 4. The third-order valence-electron chi connectivity index (χ3n) is 2.03. The molecule has 0 spiro atoms. The van der Waals surface area contributed by atoms with Crippen molar-refractivity contribution < 1.29 is 19.1 Å². The zero-order valence-electron chi connectivity index (χ0n) is 11.4. The molecule has 0 saturated carbocycles. The van der Waals surface area contributed by atoms with Crippen LogP contribution in [0.5, 0.6) is 0 Å². The first-order valence-corrected chi connectivity index (χ1v) is 5.76. The minimum atomic E-state index is -0.654. The number of methoxy groups -OCH3 is 1. The highest BCUT2D eigenvalue weighted by Crippen LogP contribution is 2.14. The van der Waals surface area contributed by atoms with Crippen LogP contribution >= 0.6 is 0 Å². The molecule has 19 heavy (non-hydrogen) atoms. The summed E-state index contributed by atoms with van der Waals surface area (Å²) in [4.78, 5) is 23.0. The predicted molar refractivity (Wildman–Crippen MR) is 70.5 cm³/mol. The predicted octanol–water partition coefficient (Wildman–Crippen LogP) is 2.17. The molecule has 0 fully saturated rings. The average molecular weight is 260 g/mol. The van der Waals surface area contributed by atoms with Gasteiger partial charge in [-0.1, -0.05) is 18.1 Å². The second-order valence-electron chi connectivity index (χ2n) is 4.79. The second kappa shape index (κ2) is 6.05. The molecule has 0 N–H and O–H groups in total. The summed E-state index contributed by atoms with van der Waals surface area (Å²) in [6, 6.07) is 6.70. The topological polar surface area (TPSA) is 52.6 Å². The molecule has 0 aliphatic heterocycles. The smallest absolute Gasteiger partial charge is 0.384 e. The van der Waals surface area contributed by atoms with Crippen molar-refractivity contribution in [2.24, 2.45) is 0 Å². The van der Waals surface area contributed by atoms with E-state index in [1.54, 1.807) is 45.0 Å². The van der Waals surface area contributed by atoms with Gasteiger partial charge in [0.1, 0.15) is 5.60 Å². The Morgan fingerprint density at radius 3 is 2.37 bits per heavy atom. The standard InChI is InChI=1S/C15H16O4/c1-15(2,3)19-14(17)12-8-6-5-7-11(12)9-10-13(16)18-4/h5-8H,1-4H3. The van der Waals surface area contributed by atoms with Gasteiger partial charge in [-0.2, -0.15) is 0 Å². The molecular weight excluding hydrogens is 244 g/mol. The van der Waals surface area contributed by atoms with E-state index in [1.807, 2.05) is 0 Å². The van der Waals surface area contributed by atoms with Crippen molar-refractivity contribution in [1.29, 1.82) is 0 Å². The molecule has 0 saturated heterocycles. The average Bonchev–Trinajstić information content (AvgIpc) is 2.34. The van der Waals surface area contributed by atoms with Crippen LogP contribution in [-0.2, 0) is 14.3 Å². The largest absolute Gasteiger partial charge is 0.459 e. The fraction of sp³-hybridized carbons (Fsp3) is 0.333. The van der Waals surface area contributed by atoms with Crippen molar-refractivity contribution in [2.45, 2.75) is 26.4 Å². The number of esters is 2. The molecule has 1 aromatic rings.